The van der Waals surface area contributed by atoms with Crippen LogP contribution < -0.4 is 10.1 Å². The molecule has 22 heavy (non-hydrogen) atoms. The quantitative estimate of drug-likeness (QED) is 0.629. The molecule has 6 nitrogen and oxygen atoms in total. The molecular formula is C14H10BrClN2O4. The molecule has 0 aliphatic heterocycles. The molecule has 2 aromatic rings. The van der Waals surface area contributed by atoms with Gasteiger partial charge in [-0.15, -0.1) is 0 Å². The van der Waals surface area contributed by atoms with E-state index in [2.05, 4.69) is 21.2 Å². The van der Waals surface area contributed by atoms with E-state index in [0.29, 0.717) is 20.9 Å². The molecule has 0 bridgehead atoms. The number of nitrogens with one attached hydrogen (secondary N) is 1. The molecule has 2 aromatic carbocycles. The molecule has 0 saturated carbocycles. The maximum absolute atomic E-state index is 12.3. The molecule has 1 N–H and O–H groups in total. The zero-order valence-electron chi connectivity index (χ0n) is 11.3. The molecule has 0 spiro atoms. The van der Waals surface area contributed by atoms with Crippen LogP contribution in [0, 0.1) is 10.1 Å². The first-order chi connectivity index (χ1) is 10.4. The third-order valence-electron chi connectivity index (χ3n) is 2.82. The van der Waals surface area contributed by atoms with E-state index in [4.69, 9.17) is 16.3 Å². The van der Waals surface area contributed by atoms with Gasteiger partial charge in [0.2, 0.25) is 0 Å². The minimum atomic E-state index is -0.566. The second kappa shape index (κ2) is 6.76. The van der Waals surface area contributed by atoms with Crippen molar-refractivity contribution in [1.29, 1.82) is 0 Å². The number of nitro benzene ring substituents is 1. The predicted octanol–water partition coefficient (Wildman–Crippen LogP) is 4.27. The zero-order chi connectivity index (χ0) is 16.3. The van der Waals surface area contributed by atoms with Gasteiger partial charge in [0.1, 0.15) is 5.75 Å². The van der Waals surface area contributed by atoms with E-state index in [1.54, 1.807) is 12.1 Å². The van der Waals surface area contributed by atoms with E-state index >= 15 is 0 Å². The van der Waals surface area contributed by atoms with Gasteiger partial charge in [-0.3, -0.25) is 14.9 Å². The fraction of sp³-hybridized carbons (Fsp3) is 0.0714. The molecule has 0 heterocycles. The number of ether oxygens (including phenoxy) is 1. The number of rotatable bonds is 4. The summed E-state index contributed by atoms with van der Waals surface area (Å²) in [5.74, 6) is -0.0876. The number of methoxy groups -OCH3 is 1. The van der Waals surface area contributed by atoms with Crippen molar-refractivity contribution >= 4 is 44.8 Å². The Morgan fingerprint density at radius 2 is 2.05 bits per heavy atom. The Balaban J connectivity index is 2.35. The molecule has 114 valence electrons. The molecule has 0 atom stereocenters. The lowest BCUT2D eigenvalue weighted by Crippen LogP contribution is -2.13. The Kier molecular flexibility index (Phi) is 4.99. The molecule has 1 amide bonds. The van der Waals surface area contributed by atoms with Gasteiger partial charge < -0.3 is 10.1 Å². The molecule has 0 fully saturated rings. The van der Waals surface area contributed by atoms with Crippen molar-refractivity contribution in [3.05, 3.63) is 61.6 Å². The number of benzene rings is 2. The molecule has 8 heteroatoms. The fourth-order valence-electron chi connectivity index (χ4n) is 1.77. The molecule has 0 aromatic heterocycles. The predicted molar refractivity (Wildman–Crippen MR) is 86.8 cm³/mol. The maximum atomic E-state index is 12.3. The lowest BCUT2D eigenvalue weighted by Gasteiger charge is -2.11. The highest BCUT2D eigenvalue weighted by molar-refractivity contribution is 9.10. The Hall–Kier alpha value is -2.12. The van der Waals surface area contributed by atoms with Crippen molar-refractivity contribution < 1.29 is 14.5 Å². The Morgan fingerprint density at radius 1 is 1.32 bits per heavy atom. The normalized spacial score (nSPS) is 10.1. The number of amides is 1. The van der Waals surface area contributed by atoms with Crippen LogP contribution in [0.5, 0.6) is 5.75 Å². The van der Waals surface area contributed by atoms with E-state index in [1.165, 1.54) is 31.4 Å². The van der Waals surface area contributed by atoms with Crippen molar-refractivity contribution in [2.24, 2.45) is 0 Å². The summed E-state index contributed by atoms with van der Waals surface area (Å²) in [7, 11) is 1.46. The summed E-state index contributed by atoms with van der Waals surface area (Å²) in [6.45, 7) is 0. The van der Waals surface area contributed by atoms with E-state index < -0.39 is 10.8 Å². The number of anilines is 1. The topological polar surface area (TPSA) is 81.5 Å². The number of hydrogen-bond donors (Lipinski definition) is 1. The van der Waals surface area contributed by atoms with Gasteiger partial charge in [-0.2, -0.15) is 0 Å². The Labute approximate surface area is 139 Å². The Morgan fingerprint density at radius 3 is 2.68 bits per heavy atom. The number of non-ortho nitro benzene ring substituents is 1. The van der Waals surface area contributed by atoms with Crippen molar-refractivity contribution in [2.45, 2.75) is 0 Å². The highest BCUT2D eigenvalue weighted by Gasteiger charge is 2.17. The third kappa shape index (κ3) is 3.55. The number of nitro groups is 1. The summed E-state index contributed by atoms with van der Waals surface area (Å²) in [6.07, 6.45) is 0. The summed E-state index contributed by atoms with van der Waals surface area (Å²) < 4.78 is 5.58. The number of halogens is 2. The largest absolute Gasteiger partial charge is 0.495 e. The summed E-state index contributed by atoms with van der Waals surface area (Å²) in [6, 6.07) is 8.71. The molecule has 0 saturated heterocycles. The summed E-state index contributed by atoms with van der Waals surface area (Å²) in [5.41, 5.74) is 0.334. The average Bonchev–Trinajstić information content (AvgIpc) is 2.47. The van der Waals surface area contributed by atoms with Gasteiger partial charge in [0.05, 0.1) is 23.3 Å². The number of carbonyl (C=O) groups excluding carboxylic acids is 1. The first-order valence-electron chi connectivity index (χ1n) is 6.01. The van der Waals surface area contributed by atoms with E-state index in [1.807, 2.05) is 0 Å². The van der Waals surface area contributed by atoms with Gasteiger partial charge >= 0.3 is 0 Å². The minimum Gasteiger partial charge on any atom is -0.495 e. The van der Waals surface area contributed by atoms with Crippen LogP contribution in [0.15, 0.2) is 40.9 Å². The summed E-state index contributed by atoms with van der Waals surface area (Å²) in [4.78, 5) is 22.6. The van der Waals surface area contributed by atoms with Crippen LogP contribution >= 0.6 is 27.5 Å². The molecular weight excluding hydrogens is 376 g/mol. The van der Waals surface area contributed by atoms with Crippen molar-refractivity contribution in [2.75, 3.05) is 12.4 Å². The van der Waals surface area contributed by atoms with Gasteiger partial charge in [-0.1, -0.05) is 11.6 Å². The van der Waals surface area contributed by atoms with Crippen LogP contribution in [0.3, 0.4) is 0 Å². The maximum Gasteiger partial charge on any atom is 0.270 e. The first kappa shape index (κ1) is 16.3. The number of carbonyl (C=O) groups is 1. The zero-order valence-corrected chi connectivity index (χ0v) is 13.6. The van der Waals surface area contributed by atoms with Crippen LogP contribution in [-0.4, -0.2) is 17.9 Å². The first-order valence-corrected chi connectivity index (χ1v) is 7.18. The van der Waals surface area contributed by atoms with Crippen LogP contribution in [0.4, 0.5) is 11.4 Å². The van der Waals surface area contributed by atoms with Crippen molar-refractivity contribution in [3.63, 3.8) is 0 Å². The van der Waals surface area contributed by atoms with Crippen LogP contribution in [0.1, 0.15) is 10.4 Å². The van der Waals surface area contributed by atoms with Crippen LogP contribution in [-0.2, 0) is 0 Å². The fourth-order valence-corrected chi connectivity index (χ4v) is 2.37. The Bertz CT molecular complexity index is 752. The SMILES string of the molecule is COc1ccc(Cl)cc1NC(=O)c1cc([N+](=O)[O-])ccc1Br. The number of nitrogens with zero attached hydrogens (tertiary/aromatic N) is 1. The van der Waals surface area contributed by atoms with Crippen LogP contribution in [0.25, 0.3) is 0 Å². The van der Waals surface area contributed by atoms with Gasteiger partial charge in [0, 0.05) is 21.6 Å². The van der Waals surface area contributed by atoms with Gasteiger partial charge in [0.25, 0.3) is 11.6 Å². The van der Waals surface area contributed by atoms with Gasteiger partial charge in [-0.25, -0.2) is 0 Å². The molecule has 0 radical (unpaired) electrons. The standard InChI is InChI=1S/C14H10BrClN2O4/c1-22-13-5-2-8(16)6-12(13)17-14(19)10-7-9(18(20)21)3-4-11(10)15/h2-7H,1H3,(H,17,19). The van der Waals surface area contributed by atoms with E-state index in [0.717, 1.165) is 0 Å². The second-order valence-electron chi connectivity index (χ2n) is 4.22. The highest BCUT2D eigenvalue weighted by atomic mass is 79.9. The van der Waals surface area contributed by atoms with E-state index in [9.17, 15) is 14.9 Å². The van der Waals surface area contributed by atoms with Gasteiger partial charge in [0.15, 0.2) is 0 Å². The van der Waals surface area contributed by atoms with E-state index in [-0.39, 0.29) is 11.3 Å². The molecule has 0 aliphatic rings. The molecule has 2 rings (SSSR count). The summed E-state index contributed by atoms with van der Waals surface area (Å²) >= 11 is 9.10. The van der Waals surface area contributed by atoms with Crippen LogP contribution in [0.2, 0.25) is 5.02 Å². The number of hydrogen-bond acceptors (Lipinski definition) is 4. The monoisotopic (exact) mass is 384 g/mol. The lowest BCUT2D eigenvalue weighted by molar-refractivity contribution is -0.384. The van der Waals surface area contributed by atoms with Crippen molar-refractivity contribution in [3.8, 4) is 5.75 Å². The second-order valence-corrected chi connectivity index (χ2v) is 5.51. The third-order valence-corrected chi connectivity index (χ3v) is 3.74. The summed E-state index contributed by atoms with van der Waals surface area (Å²) in [5, 5.41) is 13.9. The molecule has 0 unspecified atom stereocenters. The molecule has 0 aliphatic carbocycles. The lowest BCUT2D eigenvalue weighted by atomic mass is 10.2. The van der Waals surface area contributed by atoms with Crippen molar-refractivity contribution in [1.82, 2.24) is 0 Å². The minimum absolute atomic E-state index is 0.135. The highest BCUT2D eigenvalue weighted by Crippen LogP contribution is 2.29. The van der Waals surface area contributed by atoms with Gasteiger partial charge in [-0.05, 0) is 40.2 Å². The average molecular weight is 386 g/mol. The smallest absolute Gasteiger partial charge is 0.270 e.